The first-order valence-electron chi connectivity index (χ1n) is 6.17. The maximum absolute atomic E-state index is 5.33. The third-order valence-corrected chi connectivity index (χ3v) is 4.10. The lowest BCUT2D eigenvalue weighted by molar-refractivity contribution is 0.176. The van der Waals surface area contributed by atoms with Crippen LogP contribution in [0.1, 0.15) is 18.8 Å². The standard InChI is InChI=1S/C12H16N4OS/c1-9(16-6-4-13-5-7-16)11-14-12(17-15-11)10-3-2-8-18-10/h2-3,8-9,13H,4-7H2,1H3. The number of hydrogen-bond donors (Lipinski definition) is 1. The molecule has 5 nitrogen and oxygen atoms in total. The van der Waals surface area contributed by atoms with E-state index in [0.717, 1.165) is 36.9 Å². The van der Waals surface area contributed by atoms with Gasteiger partial charge in [0.25, 0.3) is 5.89 Å². The van der Waals surface area contributed by atoms with Gasteiger partial charge in [0.2, 0.25) is 0 Å². The molecule has 1 aliphatic heterocycles. The summed E-state index contributed by atoms with van der Waals surface area (Å²) in [7, 11) is 0. The summed E-state index contributed by atoms with van der Waals surface area (Å²) in [5.41, 5.74) is 0. The van der Waals surface area contributed by atoms with E-state index in [9.17, 15) is 0 Å². The Morgan fingerprint density at radius 1 is 1.44 bits per heavy atom. The monoisotopic (exact) mass is 264 g/mol. The third kappa shape index (κ3) is 2.31. The zero-order valence-electron chi connectivity index (χ0n) is 10.3. The number of thiophene rings is 1. The van der Waals surface area contributed by atoms with Crippen LogP contribution in [-0.4, -0.2) is 41.2 Å². The summed E-state index contributed by atoms with van der Waals surface area (Å²) < 4.78 is 5.33. The minimum absolute atomic E-state index is 0.213. The normalized spacial score (nSPS) is 18.9. The molecule has 6 heteroatoms. The van der Waals surface area contributed by atoms with Gasteiger partial charge in [-0.25, -0.2) is 0 Å². The van der Waals surface area contributed by atoms with Crippen molar-refractivity contribution in [2.24, 2.45) is 0 Å². The molecule has 0 bridgehead atoms. The molecule has 0 amide bonds. The second-order valence-corrected chi connectivity index (χ2v) is 5.34. The first-order chi connectivity index (χ1) is 8.84. The SMILES string of the molecule is CC(c1noc(-c2cccs2)n1)N1CCNCC1. The summed E-state index contributed by atoms with van der Waals surface area (Å²) in [6.07, 6.45) is 0. The van der Waals surface area contributed by atoms with E-state index in [2.05, 4.69) is 27.3 Å². The number of nitrogens with zero attached hydrogens (tertiary/aromatic N) is 3. The van der Waals surface area contributed by atoms with Crippen molar-refractivity contribution in [3.8, 4) is 10.8 Å². The molecule has 3 heterocycles. The predicted octanol–water partition coefficient (Wildman–Crippen LogP) is 1.76. The first-order valence-corrected chi connectivity index (χ1v) is 7.05. The molecule has 0 aliphatic carbocycles. The van der Waals surface area contributed by atoms with Crippen LogP contribution in [0, 0.1) is 0 Å². The lowest BCUT2D eigenvalue weighted by Gasteiger charge is -2.30. The van der Waals surface area contributed by atoms with Gasteiger partial charge in [-0.2, -0.15) is 4.98 Å². The fraction of sp³-hybridized carbons (Fsp3) is 0.500. The van der Waals surface area contributed by atoms with Crippen LogP contribution in [0.25, 0.3) is 10.8 Å². The predicted molar refractivity (Wildman–Crippen MR) is 70.5 cm³/mol. The largest absolute Gasteiger partial charge is 0.333 e. The number of rotatable bonds is 3. The summed E-state index contributed by atoms with van der Waals surface area (Å²) in [5, 5.41) is 9.46. The van der Waals surface area contributed by atoms with Crippen LogP contribution in [-0.2, 0) is 0 Å². The molecule has 0 aromatic carbocycles. The van der Waals surface area contributed by atoms with Crippen LogP contribution in [0.15, 0.2) is 22.0 Å². The average molecular weight is 264 g/mol. The highest BCUT2D eigenvalue weighted by molar-refractivity contribution is 7.13. The van der Waals surface area contributed by atoms with Crippen LogP contribution >= 0.6 is 11.3 Å². The summed E-state index contributed by atoms with van der Waals surface area (Å²) in [6, 6.07) is 4.20. The molecule has 96 valence electrons. The molecule has 0 saturated carbocycles. The fourth-order valence-corrected chi connectivity index (χ4v) is 2.78. The van der Waals surface area contributed by atoms with E-state index in [1.807, 2.05) is 17.5 Å². The molecule has 3 rings (SSSR count). The van der Waals surface area contributed by atoms with Gasteiger partial charge in [-0.3, -0.25) is 4.90 Å². The number of hydrogen-bond acceptors (Lipinski definition) is 6. The Bertz CT molecular complexity index is 490. The maximum Gasteiger partial charge on any atom is 0.268 e. The smallest absolute Gasteiger partial charge is 0.268 e. The van der Waals surface area contributed by atoms with Crippen molar-refractivity contribution < 1.29 is 4.52 Å². The quantitative estimate of drug-likeness (QED) is 0.915. The van der Waals surface area contributed by atoms with Gasteiger partial charge in [0, 0.05) is 26.2 Å². The third-order valence-electron chi connectivity index (χ3n) is 3.25. The van der Waals surface area contributed by atoms with Crippen molar-refractivity contribution in [1.82, 2.24) is 20.4 Å². The summed E-state index contributed by atoms with van der Waals surface area (Å²) in [5.74, 6) is 1.40. The number of aromatic nitrogens is 2. The Morgan fingerprint density at radius 2 is 2.28 bits per heavy atom. The minimum atomic E-state index is 0.213. The zero-order valence-corrected chi connectivity index (χ0v) is 11.1. The van der Waals surface area contributed by atoms with Crippen LogP contribution in [0.5, 0.6) is 0 Å². The van der Waals surface area contributed by atoms with Gasteiger partial charge in [0.1, 0.15) is 0 Å². The van der Waals surface area contributed by atoms with Gasteiger partial charge < -0.3 is 9.84 Å². The highest BCUT2D eigenvalue weighted by atomic mass is 32.1. The van der Waals surface area contributed by atoms with Crippen molar-refractivity contribution in [3.63, 3.8) is 0 Å². The van der Waals surface area contributed by atoms with E-state index < -0.39 is 0 Å². The van der Waals surface area contributed by atoms with Crippen LogP contribution in [0.4, 0.5) is 0 Å². The van der Waals surface area contributed by atoms with E-state index in [1.165, 1.54) is 0 Å². The van der Waals surface area contributed by atoms with E-state index in [1.54, 1.807) is 11.3 Å². The molecule has 1 N–H and O–H groups in total. The van der Waals surface area contributed by atoms with Gasteiger partial charge >= 0.3 is 0 Å². The highest BCUT2D eigenvalue weighted by Crippen LogP contribution is 2.25. The van der Waals surface area contributed by atoms with Gasteiger partial charge in [0.15, 0.2) is 5.82 Å². The Labute approximate surface area is 110 Å². The second-order valence-electron chi connectivity index (χ2n) is 4.40. The molecule has 1 aliphatic rings. The molecule has 1 unspecified atom stereocenters. The fourth-order valence-electron chi connectivity index (χ4n) is 2.14. The summed E-state index contributed by atoms with van der Waals surface area (Å²) >= 11 is 1.62. The Balaban J connectivity index is 1.76. The zero-order chi connectivity index (χ0) is 12.4. The second kappa shape index (κ2) is 5.17. The molecule has 2 aromatic rings. The number of piperazine rings is 1. The van der Waals surface area contributed by atoms with E-state index in [0.29, 0.717) is 5.89 Å². The Morgan fingerprint density at radius 3 is 3.00 bits per heavy atom. The molecule has 0 spiro atoms. The molecule has 1 atom stereocenters. The van der Waals surface area contributed by atoms with Gasteiger partial charge in [-0.05, 0) is 18.4 Å². The lowest BCUT2D eigenvalue weighted by atomic mass is 10.2. The molecule has 1 fully saturated rings. The van der Waals surface area contributed by atoms with Crippen molar-refractivity contribution in [2.45, 2.75) is 13.0 Å². The van der Waals surface area contributed by atoms with Crippen molar-refractivity contribution in [1.29, 1.82) is 0 Å². The molecule has 1 saturated heterocycles. The van der Waals surface area contributed by atoms with Gasteiger partial charge in [-0.15, -0.1) is 11.3 Å². The minimum Gasteiger partial charge on any atom is -0.333 e. The van der Waals surface area contributed by atoms with E-state index in [4.69, 9.17) is 4.52 Å². The Kier molecular flexibility index (Phi) is 3.40. The first kappa shape index (κ1) is 11.8. The molecular weight excluding hydrogens is 248 g/mol. The summed E-state index contributed by atoms with van der Waals surface area (Å²) in [6.45, 7) is 6.25. The van der Waals surface area contributed by atoms with Gasteiger partial charge in [0.05, 0.1) is 10.9 Å². The van der Waals surface area contributed by atoms with Crippen LogP contribution in [0.2, 0.25) is 0 Å². The summed E-state index contributed by atoms with van der Waals surface area (Å²) in [4.78, 5) is 7.90. The van der Waals surface area contributed by atoms with Crippen molar-refractivity contribution in [3.05, 3.63) is 23.3 Å². The lowest BCUT2D eigenvalue weighted by Crippen LogP contribution is -2.44. The van der Waals surface area contributed by atoms with Crippen molar-refractivity contribution >= 4 is 11.3 Å². The van der Waals surface area contributed by atoms with Crippen LogP contribution < -0.4 is 5.32 Å². The van der Waals surface area contributed by atoms with Crippen LogP contribution in [0.3, 0.4) is 0 Å². The number of nitrogens with one attached hydrogen (secondary N) is 1. The molecule has 0 radical (unpaired) electrons. The topological polar surface area (TPSA) is 54.2 Å². The maximum atomic E-state index is 5.33. The van der Waals surface area contributed by atoms with Crippen molar-refractivity contribution in [2.75, 3.05) is 26.2 Å². The highest BCUT2D eigenvalue weighted by Gasteiger charge is 2.22. The Hall–Kier alpha value is -1.24. The average Bonchev–Trinajstić information content (AvgIpc) is 3.09. The van der Waals surface area contributed by atoms with E-state index >= 15 is 0 Å². The van der Waals surface area contributed by atoms with E-state index in [-0.39, 0.29) is 6.04 Å². The molecular formula is C12H16N4OS. The molecule has 2 aromatic heterocycles. The molecule has 18 heavy (non-hydrogen) atoms. The van der Waals surface area contributed by atoms with Gasteiger partial charge in [-0.1, -0.05) is 11.2 Å².